The second-order valence-corrected chi connectivity index (χ2v) is 6.27. The number of ether oxygens (including phenoxy) is 2. The van der Waals surface area contributed by atoms with Gasteiger partial charge < -0.3 is 25.0 Å². The van der Waals surface area contributed by atoms with Gasteiger partial charge in [-0.2, -0.15) is 0 Å². The SMILES string of the molecule is CCNC(=NCCCN(CC)c1ccccc1)NCCCCOCCOC. The second kappa shape index (κ2) is 16.4. The summed E-state index contributed by atoms with van der Waals surface area (Å²) in [5.41, 5.74) is 1.28. The lowest BCUT2D eigenvalue weighted by Gasteiger charge is -2.22. The van der Waals surface area contributed by atoms with E-state index in [4.69, 9.17) is 14.5 Å². The number of aliphatic imine (C=N–C) groups is 1. The molecule has 1 aromatic rings. The number of para-hydroxylation sites is 1. The van der Waals surface area contributed by atoms with Crippen molar-refractivity contribution in [2.75, 3.05) is 64.6 Å². The molecule has 1 rings (SSSR count). The summed E-state index contributed by atoms with van der Waals surface area (Å²) in [5.74, 6) is 0.903. The maximum absolute atomic E-state index is 5.47. The highest BCUT2D eigenvalue weighted by molar-refractivity contribution is 5.79. The van der Waals surface area contributed by atoms with Gasteiger partial charge in [-0.15, -0.1) is 0 Å². The molecule has 0 aliphatic heterocycles. The van der Waals surface area contributed by atoms with Crippen molar-refractivity contribution in [1.29, 1.82) is 0 Å². The Labute approximate surface area is 165 Å². The van der Waals surface area contributed by atoms with Crippen LogP contribution in [-0.4, -0.2) is 65.6 Å². The van der Waals surface area contributed by atoms with E-state index in [1.165, 1.54) is 5.69 Å². The molecule has 6 heteroatoms. The van der Waals surface area contributed by atoms with Crippen molar-refractivity contribution in [3.63, 3.8) is 0 Å². The van der Waals surface area contributed by atoms with Crippen LogP contribution in [-0.2, 0) is 9.47 Å². The minimum atomic E-state index is 0.662. The molecule has 0 aromatic heterocycles. The van der Waals surface area contributed by atoms with Crippen LogP contribution >= 0.6 is 0 Å². The van der Waals surface area contributed by atoms with E-state index in [1.807, 2.05) is 0 Å². The molecule has 0 radical (unpaired) electrons. The first-order valence-electron chi connectivity index (χ1n) is 10.2. The fourth-order valence-electron chi connectivity index (χ4n) is 2.68. The molecule has 0 aliphatic carbocycles. The van der Waals surface area contributed by atoms with Crippen molar-refractivity contribution < 1.29 is 9.47 Å². The van der Waals surface area contributed by atoms with Crippen LogP contribution in [0.3, 0.4) is 0 Å². The number of hydrogen-bond donors (Lipinski definition) is 2. The van der Waals surface area contributed by atoms with E-state index >= 15 is 0 Å². The largest absolute Gasteiger partial charge is 0.382 e. The number of nitrogens with zero attached hydrogens (tertiary/aromatic N) is 2. The highest BCUT2D eigenvalue weighted by atomic mass is 16.5. The molecule has 0 heterocycles. The lowest BCUT2D eigenvalue weighted by Crippen LogP contribution is -2.38. The average Bonchev–Trinajstić information content (AvgIpc) is 2.70. The van der Waals surface area contributed by atoms with Crippen molar-refractivity contribution in [1.82, 2.24) is 10.6 Å². The van der Waals surface area contributed by atoms with E-state index in [0.717, 1.165) is 64.6 Å². The van der Waals surface area contributed by atoms with Gasteiger partial charge in [0.05, 0.1) is 13.2 Å². The van der Waals surface area contributed by atoms with Gasteiger partial charge in [-0.1, -0.05) is 18.2 Å². The van der Waals surface area contributed by atoms with Gasteiger partial charge in [0.15, 0.2) is 5.96 Å². The molecule has 0 spiro atoms. The molecule has 2 N–H and O–H groups in total. The third kappa shape index (κ3) is 11.5. The van der Waals surface area contributed by atoms with Crippen molar-refractivity contribution in [3.8, 4) is 0 Å². The predicted octanol–water partition coefficient (Wildman–Crippen LogP) is 2.90. The first-order chi connectivity index (χ1) is 13.3. The minimum Gasteiger partial charge on any atom is -0.382 e. The predicted molar refractivity (Wildman–Crippen MR) is 115 cm³/mol. The quantitative estimate of drug-likeness (QED) is 0.279. The van der Waals surface area contributed by atoms with Gasteiger partial charge in [-0.05, 0) is 45.2 Å². The third-order valence-electron chi connectivity index (χ3n) is 4.14. The number of rotatable bonds is 15. The maximum Gasteiger partial charge on any atom is 0.191 e. The summed E-state index contributed by atoms with van der Waals surface area (Å²) in [6.07, 6.45) is 3.14. The van der Waals surface area contributed by atoms with Gasteiger partial charge in [0.25, 0.3) is 0 Å². The van der Waals surface area contributed by atoms with Gasteiger partial charge in [0.2, 0.25) is 0 Å². The number of nitrogens with one attached hydrogen (secondary N) is 2. The molecule has 0 unspecified atom stereocenters. The van der Waals surface area contributed by atoms with Crippen LogP contribution in [0.5, 0.6) is 0 Å². The van der Waals surface area contributed by atoms with Gasteiger partial charge in [0.1, 0.15) is 0 Å². The fourth-order valence-corrected chi connectivity index (χ4v) is 2.68. The zero-order valence-corrected chi connectivity index (χ0v) is 17.4. The Morgan fingerprint density at radius 2 is 1.81 bits per heavy atom. The molecule has 0 fully saturated rings. The standard InChI is InChI=1S/C21H38N4O2/c1-4-22-21(23-14-9-10-17-27-19-18-26-3)24-15-11-16-25(5-2)20-12-7-6-8-13-20/h6-8,12-13H,4-5,9-11,14-19H2,1-3H3,(H2,22,23,24). The lowest BCUT2D eigenvalue weighted by molar-refractivity contribution is 0.0689. The molecule has 0 amide bonds. The summed E-state index contributed by atoms with van der Waals surface area (Å²) in [6.45, 7) is 11.0. The Morgan fingerprint density at radius 3 is 2.52 bits per heavy atom. The normalized spacial score (nSPS) is 11.4. The summed E-state index contributed by atoms with van der Waals surface area (Å²) in [5, 5.41) is 6.71. The molecule has 0 atom stereocenters. The second-order valence-electron chi connectivity index (χ2n) is 6.27. The van der Waals surface area contributed by atoms with E-state index in [-0.39, 0.29) is 0 Å². The molecule has 0 saturated heterocycles. The number of benzene rings is 1. The number of unbranched alkanes of at least 4 members (excludes halogenated alkanes) is 1. The number of methoxy groups -OCH3 is 1. The highest BCUT2D eigenvalue weighted by Gasteiger charge is 2.03. The van der Waals surface area contributed by atoms with Crippen molar-refractivity contribution >= 4 is 11.6 Å². The van der Waals surface area contributed by atoms with Crippen LogP contribution in [0.2, 0.25) is 0 Å². The Morgan fingerprint density at radius 1 is 1.00 bits per heavy atom. The molecule has 0 bridgehead atoms. The van der Waals surface area contributed by atoms with E-state index in [2.05, 4.69) is 59.7 Å². The lowest BCUT2D eigenvalue weighted by atomic mass is 10.2. The summed E-state index contributed by atoms with van der Waals surface area (Å²) in [7, 11) is 1.69. The third-order valence-corrected chi connectivity index (χ3v) is 4.14. The molecule has 0 aliphatic rings. The number of guanidine groups is 1. The molecule has 27 heavy (non-hydrogen) atoms. The maximum atomic E-state index is 5.47. The smallest absolute Gasteiger partial charge is 0.191 e. The molecule has 1 aromatic carbocycles. The van der Waals surface area contributed by atoms with Gasteiger partial charge in [-0.25, -0.2) is 0 Å². The Hall–Kier alpha value is -1.79. The van der Waals surface area contributed by atoms with Crippen LogP contribution in [0.15, 0.2) is 35.3 Å². The highest BCUT2D eigenvalue weighted by Crippen LogP contribution is 2.12. The average molecular weight is 379 g/mol. The fraction of sp³-hybridized carbons (Fsp3) is 0.667. The van der Waals surface area contributed by atoms with Crippen LogP contribution in [0.4, 0.5) is 5.69 Å². The van der Waals surface area contributed by atoms with E-state index in [9.17, 15) is 0 Å². The summed E-state index contributed by atoms with van der Waals surface area (Å²) in [6, 6.07) is 10.6. The topological polar surface area (TPSA) is 58.1 Å². The van der Waals surface area contributed by atoms with Gasteiger partial charge in [-0.3, -0.25) is 4.99 Å². The zero-order chi connectivity index (χ0) is 19.6. The van der Waals surface area contributed by atoms with E-state index < -0.39 is 0 Å². The van der Waals surface area contributed by atoms with Crippen LogP contribution in [0, 0.1) is 0 Å². The van der Waals surface area contributed by atoms with Crippen LogP contribution in [0.25, 0.3) is 0 Å². The molecular formula is C21H38N4O2. The first kappa shape index (κ1) is 23.2. The van der Waals surface area contributed by atoms with Gasteiger partial charge in [0, 0.05) is 52.1 Å². The Kier molecular flexibility index (Phi) is 14.1. The van der Waals surface area contributed by atoms with Crippen molar-refractivity contribution in [2.45, 2.75) is 33.1 Å². The summed E-state index contributed by atoms with van der Waals surface area (Å²) < 4.78 is 10.4. The molecule has 6 nitrogen and oxygen atoms in total. The number of hydrogen-bond acceptors (Lipinski definition) is 4. The van der Waals surface area contributed by atoms with Crippen molar-refractivity contribution in [3.05, 3.63) is 30.3 Å². The van der Waals surface area contributed by atoms with Gasteiger partial charge >= 0.3 is 0 Å². The molecule has 154 valence electrons. The molecular weight excluding hydrogens is 340 g/mol. The van der Waals surface area contributed by atoms with Crippen LogP contribution < -0.4 is 15.5 Å². The Bertz CT molecular complexity index is 482. The Balaban J connectivity index is 2.22. The monoisotopic (exact) mass is 378 g/mol. The number of anilines is 1. The summed E-state index contributed by atoms with van der Waals surface area (Å²) >= 11 is 0. The van der Waals surface area contributed by atoms with E-state index in [1.54, 1.807) is 7.11 Å². The van der Waals surface area contributed by atoms with E-state index in [0.29, 0.717) is 13.2 Å². The van der Waals surface area contributed by atoms with Crippen LogP contribution in [0.1, 0.15) is 33.1 Å². The van der Waals surface area contributed by atoms with Crippen molar-refractivity contribution in [2.24, 2.45) is 4.99 Å². The zero-order valence-electron chi connectivity index (χ0n) is 17.4. The minimum absolute atomic E-state index is 0.662. The molecule has 0 saturated carbocycles. The summed E-state index contributed by atoms with van der Waals surface area (Å²) in [4.78, 5) is 7.08. The first-order valence-corrected chi connectivity index (χ1v) is 10.2.